The van der Waals surface area contributed by atoms with Gasteiger partial charge < -0.3 is 0 Å². The van der Waals surface area contributed by atoms with Crippen molar-refractivity contribution < 1.29 is 88.2 Å². The molecule has 0 heterocycles. The summed E-state index contributed by atoms with van der Waals surface area (Å²) in [7, 11) is 0. The Hall–Kier alpha value is 2.08. The van der Waals surface area contributed by atoms with Gasteiger partial charge in [0.1, 0.15) is 0 Å². The van der Waals surface area contributed by atoms with Gasteiger partial charge in [0, 0.05) is 0 Å². The van der Waals surface area contributed by atoms with Gasteiger partial charge in [0.25, 0.3) is 0 Å². The molecule has 0 aromatic heterocycles. The molecule has 0 aromatic carbocycles. The van der Waals surface area contributed by atoms with Crippen LogP contribution in [-0.2, 0) is 27.4 Å². The molecule has 0 aliphatic rings. The maximum atomic E-state index is 9.73. The van der Waals surface area contributed by atoms with Crippen LogP contribution >= 0.6 is 0 Å². The molecule has 0 spiro atoms. The average Bonchev–Trinajstić information content (AvgIpc) is 1.55. The Kier molecular flexibility index (Phi) is 6.04. The zero-order valence-electron chi connectivity index (χ0n) is 4.73. The summed E-state index contributed by atoms with van der Waals surface area (Å²) in [5.74, 6) is 0. The van der Waals surface area contributed by atoms with E-state index < -0.39 is 65.7 Å². The summed E-state index contributed by atoms with van der Waals surface area (Å²) in [6.45, 7) is 0. The molecular weight excluding hydrogens is 582 g/mol. The van der Waals surface area contributed by atoms with E-state index >= 15 is 0 Å². The fraction of sp³-hybridized carbons (Fsp3) is 0. The van der Waals surface area contributed by atoms with Crippen LogP contribution in [-0.4, -0.2) is 0 Å². The fourth-order valence-electron chi connectivity index (χ4n) is 0.126. The van der Waals surface area contributed by atoms with Gasteiger partial charge in [-0.25, -0.2) is 0 Å². The fourth-order valence-corrected chi connectivity index (χ4v) is 13.1. The summed E-state index contributed by atoms with van der Waals surface area (Å²) in [6.07, 6.45) is 0. The predicted molar refractivity (Wildman–Crippen MR) is 2.17 cm³/mol. The van der Waals surface area contributed by atoms with Gasteiger partial charge in [0.15, 0.2) is 0 Å². The molecule has 64 valence electrons. The maximum absolute atomic E-state index is 9.73. The van der Waals surface area contributed by atoms with Gasteiger partial charge in [-0.2, -0.15) is 0 Å². The topological polar surface area (TPSA) is 157 Å². The van der Waals surface area contributed by atoms with Crippen molar-refractivity contribution >= 4 is 0 Å². The van der Waals surface area contributed by atoms with Crippen LogP contribution in [0.1, 0.15) is 0 Å². The van der Waals surface area contributed by atoms with E-state index in [0.717, 1.165) is 0 Å². The number of hydrogen-bond donors (Lipinski definition) is 0. The Bertz CT molecular complexity index is 96.2. The van der Waals surface area contributed by atoms with Crippen LogP contribution < -0.4 is 60.8 Å². The second-order valence-electron chi connectivity index (χ2n) is 1.09. The third kappa shape index (κ3) is 12.1. The second-order valence-corrected chi connectivity index (χ2v) is 19.0. The van der Waals surface area contributed by atoms with E-state index in [-0.39, 0.29) is 0 Å². The summed E-state index contributed by atoms with van der Waals surface area (Å²) in [5, 5.41) is 0. The van der Waals surface area contributed by atoms with Crippen molar-refractivity contribution in [3.05, 3.63) is 0 Å². The van der Waals surface area contributed by atoms with Gasteiger partial charge in [-0.15, -0.1) is 0 Å². The van der Waals surface area contributed by atoms with Crippen molar-refractivity contribution in [2.24, 2.45) is 0 Å². The summed E-state index contributed by atoms with van der Waals surface area (Å²) < 4.78 is 65.5. The molecule has 0 aromatic rings. The Labute approximate surface area is 86.9 Å². The van der Waals surface area contributed by atoms with Crippen LogP contribution in [0.3, 0.4) is 0 Å². The van der Waals surface area contributed by atoms with Crippen molar-refractivity contribution in [1.29, 1.82) is 0 Å². The van der Waals surface area contributed by atoms with E-state index in [1.54, 1.807) is 0 Å². The molecule has 0 amide bonds. The molecule has 8 nitrogen and oxygen atoms in total. The average molecular weight is 582 g/mol. The molecule has 0 bridgehead atoms. The van der Waals surface area contributed by atoms with Crippen molar-refractivity contribution in [1.82, 2.24) is 0 Å². The van der Waals surface area contributed by atoms with Crippen molar-refractivity contribution in [2.45, 2.75) is 0 Å². The Morgan fingerprint density at radius 2 is 1.00 bits per heavy atom. The molecule has 0 unspecified atom stereocenters. The standard InChI is InChI=1S/Hg.2IO4/c;2*2-1(3,4)5/q+2;2*-1. The summed E-state index contributed by atoms with van der Waals surface area (Å²) in [6, 6.07) is 0. The summed E-state index contributed by atoms with van der Waals surface area (Å²) in [5.41, 5.74) is 0. The Morgan fingerprint density at radius 1 is 0.727 bits per heavy atom. The van der Waals surface area contributed by atoms with Gasteiger partial charge in [-0.05, 0) is 0 Å². The van der Waals surface area contributed by atoms with Crippen molar-refractivity contribution in [3.8, 4) is 0 Å². The molecule has 0 fully saturated rings. The van der Waals surface area contributed by atoms with Gasteiger partial charge in [0.2, 0.25) is 0 Å². The van der Waals surface area contributed by atoms with Gasteiger partial charge >= 0.3 is 88.2 Å². The van der Waals surface area contributed by atoms with Crippen molar-refractivity contribution in [3.63, 3.8) is 0 Å². The first-order valence-electron chi connectivity index (χ1n) is 1.81. The van der Waals surface area contributed by atoms with E-state index in [4.69, 9.17) is 0 Å². The van der Waals surface area contributed by atoms with Gasteiger partial charge in [-0.1, -0.05) is 0 Å². The van der Waals surface area contributed by atoms with E-state index in [0.29, 0.717) is 0 Å². The van der Waals surface area contributed by atoms with Crippen molar-refractivity contribution in [2.75, 3.05) is 0 Å². The first kappa shape index (κ1) is 13.1. The van der Waals surface area contributed by atoms with E-state index in [2.05, 4.69) is 1.95 Å². The molecule has 0 saturated carbocycles. The summed E-state index contributed by atoms with van der Waals surface area (Å²) in [4.78, 5) is 0. The molecule has 0 aliphatic carbocycles. The number of hydrogen-bond acceptors (Lipinski definition) is 8. The van der Waals surface area contributed by atoms with E-state index in [9.17, 15) is 20.6 Å². The van der Waals surface area contributed by atoms with Crippen LogP contribution in [0, 0.1) is 0 Å². The van der Waals surface area contributed by atoms with E-state index in [1.165, 1.54) is 0 Å². The quantitative estimate of drug-likeness (QED) is 0.234. The molecule has 0 radical (unpaired) electrons. The number of halogens is 2. The van der Waals surface area contributed by atoms with Crippen LogP contribution in [0.4, 0.5) is 0 Å². The Morgan fingerprint density at radius 3 is 1.18 bits per heavy atom. The third-order valence-electron chi connectivity index (χ3n) is 0.356. The summed E-state index contributed by atoms with van der Waals surface area (Å²) >= 11 is -14.8. The number of rotatable bonds is 4. The van der Waals surface area contributed by atoms with Crippen LogP contribution in [0.5, 0.6) is 0 Å². The Balaban J connectivity index is 3.44. The van der Waals surface area contributed by atoms with Crippen LogP contribution in [0.15, 0.2) is 0 Å². The minimum atomic E-state index is -5.80. The first-order valence-corrected chi connectivity index (χ1v) is 13.3. The molecule has 0 N–H and O–H groups in total. The van der Waals surface area contributed by atoms with E-state index in [1.807, 2.05) is 0 Å². The monoisotopic (exact) mass is 584 g/mol. The first-order chi connectivity index (χ1) is 4.71. The molecule has 11 heteroatoms. The normalized spacial score (nSPS) is 12.9. The van der Waals surface area contributed by atoms with Gasteiger partial charge in [-0.3, -0.25) is 0 Å². The minimum absolute atomic E-state index is 3.21. The zero-order valence-corrected chi connectivity index (χ0v) is 14.5. The molecule has 0 saturated heterocycles. The third-order valence-corrected chi connectivity index (χ3v) is 21.0. The molecule has 0 rings (SSSR count). The molecule has 0 atom stereocenters. The molecule has 0 aliphatic heterocycles. The SMILES string of the molecule is [O-][I+3]([O-])([O-])[O][Hg][O][I+3]([O-])([O-])[O-]. The predicted octanol–water partition coefficient (Wildman–Crippen LogP) is -13.3. The van der Waals surface area contributed by atoms with Crippen LogP contribution in [0.2, 0.25) is 0 Å². The molecular formula is HgI2O8. The zero-order chi connectivity index (χ0) is 9.12. The van der Waals surface area contributed by atoms with Crippen LogP contribution in [0.25, 0.3) is 0 Å². The molecule has 11 heavy (non-hydrogen) atoms. The van der Waals surface area contributed by atoms with Gasteiger partial charge in [0.05, 0.1) is 0 Å². The second kappa shape index (κ2) is 5.08.